The third kappa shape index (κ3) is 7.82. The van der Waals surface area contributed by atoms with Gasteiger partial charge in [-0.25, -0.2) is 0 Å². The molecule has 6 heteroatoms. The summed E-state index contributed by atoms with van der Waals surface area (Å²) in [5.74, 6) is 1.58. The Morgan fingerprint density at radius 2 is 1.94 bits per heavy atom. The Kier molecular flexibility index (Phi) is 9.57. The number of carbonyl (C=O) groups is 1. The highest BCUT2D eigenvalue weighted by molar-refractivity contribution is 5.87. The van der Waals surface area contributed by atoms with Crippen LogP contribution in [0.4, 0.5) is 0 Å². The quantitative estimate of drug-likeness (QED) is 0.210. The van der Waals surface area contributed by atoms with Crippen molar-refractivity contribution in [3.63, 3.8) is 0 Å². The third-order valence-electron chi connectivity index (χ3n) is 7.22. The van der Waals surface area contributed by atoms with E-state index in [9.17, 15) is 9.90 Å². The van der Waals surface area contributed by atoms with Crippen LogP contribution in [0.25, 0.3) is 0 Å². The molecule has 1 saturated carbocycles. The van der Waals surface area contributed by atoms with Gasteiger partial charge in [-0.15, -0.1) is 0 Å². The number of hydrogen-bond acceptors (Lipinski definition) is 5. The summed E-state index contributed by atoms with van der Waals surface area (Å²) in [5, 5.41) is 13.6. The first kappa shape index (κ1) is 26.7. The second-order valence-electron chi connectivity index (χ2n) is 10.5. The van der Waals surface area contributed by atoms with Crippen LogP contribution >= 0.6 is 0 Å². The van der Waals surface area contributed by atoms with Crippen molar-refractivity contribution < 1.29 is 24.1 Å². The van der Waals surface area contributed by atoms with Crippen LogP contribution in [0, 0.1) is 11.8 Å². The van der Waals surface area contributed by atoms with Gasteiger partial charge in [-0.3, -0.25) is 4.79 Å². The molecule has 1 amide bonds. The molecule has 3 fully saturated rings. The predicted molar refractivity (Wildman–Crippen MR) is 134 cm³/mol. The molecule has 2 saturated heterocycles. The summed E-state index contributed by atoms with van der Waals surface area (Å²) >= 11 is 0. The molecule has 0 aromatic carbocycles. The Morgan fingerprint density at radius 3 is 2.59 bits per heavy atom. The van der Waals surface area contributed by atoms with Crippen molar-refractivity contribution in [3.8, 4) is 0 Å². The largest absolute Gasteiger partial charge is 0.491 e. The summed E-state index contributed by atoms with van der Waals surface area (Å²) in [4.78, 5) is 12.3. The molecule has 6 nitrogen and oxygen atoms in total. The van der Waals surface area contributed by atoms with Gasteiger partial charge in [0.05, 0.1) is 19.0 Å². The summed E-state index contributed by atoms with van der Waals surface area (Å²) < 4.78 is 16.9. The van der Waals surface area contributed by atoms with Gasteiger partial charge < -0.3 is 24.6 Å². The van der Waals surface area contributed by atoms with Gasteiger partial charge in [0.25, 0.3) is 0 Å². The van der Waals surface area contributed by atoms with Gasteiger partial charge in [-0.05, 0) is 57.9 Å². The Balaban J connectivity index is 1.34. The van der Waals surface area contributed by atoms with Crippen LogP contribution < -0.4 is 5.32 Å². The van der Waals surface area contributed by atoms with E-state index in [1.807, 2.05) is 26.8 Å². The summed E-state index contributed by atoms with van der Waals surface area (Å²) in [6.07, 6.45) is 14.6. The number of ether oxygens (including phenoxy) is 3. The van der Waals surface area contributed by atoms with Crippen molar-refractivity contribution in [2.24, 2.45) is 11.8 Å². The molecule has 0 bridgehead atoms. The number of hydrogen-bond donors (Lipinski definition) is 2. The average molecular weight is 474 g/mol. The number of rotatable bonds is 10. The SMILES string of the molecule is C=C(O[C@@H](C)/C=C\C(=O)NC1CCC(C/C=C(C)/C=C/[C@H]2OCC[C@@]3(CO3)[C@@H]2O)CC1)C(C)C. The number of carbonyl (C=O) groups excluding carboxylic acids is 1. The van der Waals surface area contributed by atoms with Crippen molar-refractivity contribution in [3.05, 3.63) is 48.3 Å². The molecule has 34 heavy (non-hydrogen) atoms. The van der Waals surface area contributed by atoms with E-state index in [0.29, 0.717) is 19.1 Å². The van der Waals surface area contributed by atoms with E-state index in [1.165, 1.54) is 5.57 Å². The molecular formula is C28H43NO5. The highest BCUT2D eigenvalue weighted by atomic mass is 16.6. The van der Waals surface area contributed by atoms with Crippen LogP contribution in [-0.2, 0) is 19.0 Å². The number of amides is 1. The highest BCUT2D eigenvalue weighted by Crippen LogP contribution is 2.40. The molecular weight excluding hydrogens is 430 g/mol. The van der Waals surface area contributed by atoms with Crippen LogP contribution in [0.1, 0.15) is 66.2 Å². The Morgan fingerprint density at radius 1 is 1.24 bits per heavy atom. The number of epoxide rings is 1. The normalized spacial score (nSPS) is 32.9. The van der Waals surface area contributed by atoms with Gasteiger partial charge >= 0.3 is 0 Å². The summed E-state index contributed by atoms with van der Waals surface area (Å²) in [5.41, 5.74) is 0.827. The number of aliphatic hydroxyl groups is 1. The molecule has 2 N–H and O–H groups in total. The molecule has 0 radical (unpaired) electrons. The second kappa shape index (κ2) is 12.2. The van der Waals surface area contributed by atoms with E-state index < -0.39 is 6.10 Å². The minimum atomic E-state index is -0.583. The fraction of sp³-hybridized carbons (Fsp3) is 0.679. The van der Waals surface area contributed by atoms with Gasteiger partial charge in [-0.2, -0.15) is 0 Å². The van der Waals surface area contributed by atoms with Crippen molar-refractivity contribution in [2.75, 3.05) is 13.2 Å². The first-order valence-electron chi connectivity index (χ1n) is 12.8. The van der Waals surface area contributed by atoms with E-state index in [-0.39, 0.29) is 35.7 Å². The monoisotopic (exact) mass is 473 g/mol. The molecule has 3 aliphatic rings. The Bertz CT molecular complexity index is 787. The lowest BCUT2D eigenvalue weighted by Crippen LogP contribution is -2.46. The molecule has 2 heterocycles. The average Bonchev–Trinajstić information content (AvgIpc) is 3.58. The van der Waals surface area contributed by atoms with Crippen molar-refractivity contribution in [1.29, 1.82) is 0 Å². The maximum absolute atomic E-state index is 12.3. The number of aliphatic hydroxyl groups excluding tert-OH is 1. The fourth-order valence-electron chi connectivity index (χ4n) is 4.57. The summed E-state index contributed by atoms with van der Waals surface area (Å²) in [6, 6.07) is 0.238. The number of nitrogens with one attached hydrogen (secondary N) is 1. The molecule has 4 atom stereocenters. The van der Waals surface area contributed by atoms with Crippen LogP contribution in [0.5, 0.6) is 0 Å². The Labute approximate surface area is 205 Å². The first-order valence-corrected chi connectivity index (χ1v) is 12.8. The van der Waals surface area contributed by atoms with E-state index in [1.54, 1.807) is 12.2 Å². The Hall–Kier alpha value is -1.89. The van der Waals surface area contributed by atoms with E-state index in [2.05, 4.69) is 31.0 Å². The third-order valence-corrected chi connectivity index (χ3v) is 7.22. The zero-order valence-corrected chi connectivity index (χ0v) is 21.3. The van der Waals surface area contributed by atoms with Crippen molar-refractivity contribution in [2.45, 2.75) is 96.2 Å². The van der Waals surface area contributed by atoms with Crippen molar-refractivity contribution in [1.82, 2.24) is 5.32 Å². The molecule has 1 spiro atoms. The van der Waals surface area contributed by atoms with Crippen LogP contribution in [0.3, 0.4) is 0 Å². The standard InChI is InChI=1S/C28H43NO5/c1-19(2)22(5)34-21(4)8-15-26(30)29-24-12-10-23(11-13-24)9-6-20(3)7-14-25-27(31)28(18-33-28)16-17-32-25/h6-8,14-15,19,21,23-25,27,31H,5,9-13,16-18H2,1-4H3,(H,29,30)/b14-7+,15-8-,20-6+/t21-,23?,24?,25+,27+,28+/m0/s1. The maximum atomic E-state index is 12.3. The maximum Gasteiger partial charge on any atom is 0.244 e. The highest BCUT2D eigenvalue weighted by Gasteiger charge is 2.55. The molecule has 190 valence electrons. The van der Waals surface area contributed by atoms with E-state index >= 15 is 0 Å². The zero-order chi connectivity index (χ0) is 24.7. The zero-order valence-electron chi connectivity index (χ0n) is 21.3. The lowest BCUT2D eigenvalue weighted by molar-refractivity contribution is -0.117. The smallest absolute Gasteiger partial charge is 0.244 e. The molecule has 3 rings (SSSR count). The predicted octanol–water partition coefficient (Wildman–Crippen LogP) is 4.60. The van der Waals surface area contributed by atoms with Gasteiger partial charge in [0.2, 0.25) is 5.91 Å². The first-order chi connectivity index (χ1) is 16.2. The topological polar surface area (TPSA) is 80.3 Å². The molecule has 0 unspecified atom stereocenters. The molecule has 2 aliphatic heterocycles. The number of allylic oxidation sites excluding steroid dienone is 4. The van der Waals surface area contributed by atoms with Crippen LogP contribution in [-0.4, -0.2) is 54.2 Å². The fourth-order valence-corrected chi connectivity index (χ4v) is 4.57. The van der Waals surface area contributed by atoms with Crippen LogP contribution in [0.2, 0.25) is 0 Å². The second-order valence-corrected chi connectivity index (χ2v) is 10.5. The molecule has 0 aromatic heterocycles. The summed E-state index contributed by atoms with van der Waals surface area (Å²) in [6.45, 7) is 13.2. The van der Waals surface area contributed by atoms with Crippen molar-refractivity contribution >= 4 is 5.91 Å². The van der Waals surface area contributed by atoms with E-state index in [4.69, 9.17) is 14.2 Å². The van der Waals surface area contributed by atoms with E-state index in [0.717, 1.165) is 44.3 Å². The molecule has 0 aromatic rings. The lowest BCUT2D eigenvalue weighted by Gasteiger charge is -2.31. The summed E-state index contributed by atoms with van der Waals surface area (Å²) in [7, 11) is 0. The van der Waals surface area contributed by atoms with Gasteiger partial charge in [0.15, 0.2) is 0 Å². The van der Waals surface area contributed by atoms with Gasteiger partial charge in [0.1, 0.15) is 23.9 Å². The van der Waals surface area contributed by atoms with Gasteiger partial charge in [-0.1, -0.05) is 44.2 Å². The van der Waals surface area contributed by atoms with Gasteiger partial charge in [0, 0.05) is 24.5 Å². The minimum absolute atomic E-state index is 0.0552. The molecule has 1 aliphatic carbocycles. The lowest BCUT2D eigenvalue weighted by atomic mass is 9.83. The van der Waals surface area contributed by atoms with Crippen LogP contribution in [0.15, 0.2) is 48.3 Å². The minimum Gasteiger partial charge on any atom is -0.491 e.